The Morgan fingerprint density at radius 3 is 2.82 bits per heavy atom. The van der Waals surface area contributed by atoms with Gasteiger partial charge in [-0.1, -0.05) is 34.1 Å². The summed E-state index contributed by atoms with van der Waals surface area (Å²) in [6, 6.07) is 7.76. The van der Waals surface area contributed by atoms with E-state index in [-0.39, 0.29) is 6.61 Å². The van der Waals surface area contributed by atoms with E-state index in [1.807, 2.05) is 28.8 Å². The molecule has 1 heterocycles. The fourth-order valence-corrected chi connectivity index (χ4v) is 2.09. The fourth-order valence-electron chi connectivity index (χ4n) is 1.63. The van der Waals surface area contributed by atoms with Crippen molar-refractivity contribution < 1.29 is 10.2 Å². The van der Waals surface area contributed by atoms with Crippen LogP contribution in [-0.2, 0) is 6.54 Å². The molecule has 17 heavy (non-hydrogen) atoms. The molecule has 90 valence electrons. The second-order valence-electron chi connectivity index (χ2n) is 3.72. The van der Waals surface area contributed by atoms with Crippen molar-refractivity contribution in [2.45, 2.75) is 12.6 Å². The summed E-state index contributed by atoms with van der Waals surface area (Å²) in [6.07, 6.45) is 2.69. The zero-order valence-corrected chi connectivity index (χ0v) is 10.7. The minimum atomic E-state index is -0.773. The maximum atomic E-state index is 9.46. The van der Waals surface area contributed by atoms with Gasteiger partial charge in [-0.3, -0.25) is 0 Å². The average Bonchev–Trinajstić information content (AvgIpc) is 2.77. The maximum Gasteiger partial charge on any atom is 0.141 e. The zero-order chi connectivity index (χ0) is 12.3. The highest BCUT2D eigenvalue weighted by molar-refractivity contribution is 9.10. The summed E-state index contributed by atoms with van der Waals surface area (Å²) in [5.74, 6) is 0.768. The maximum absolute atomic E-state index is 9.46. The first kappa shape index (κ1) is 12.3. The van der Waals surface area contributed by atoms with Gasteiger partial charge in [0.25, 0.3) is 0 Å². The first-order chi connectivity index (χ1) is 8.22. The van der Waals surface area contributed by atoms with Crippen LogP contribution < -0.4 is 0 Å². The number of benzene rings is 1. The molecule has 1 aromatic heterocycles. The molecule has 0 fully saturated rings. The molecule has 4 nitrogen and oxygen atoms in total. The van der Waals surface area contributed by atoms with Gasteiger partial charge in [-0.2, -0.15) is 0 Å². The highest BCUT2D eigenvalue weighted by atomic mass is 79.9. The lowest BCUT2D eigenvalue weighted by atomic mass is 10.2. The third-order valence-electron chi connectivity index (χ3n) is 2.45. The van der Waals surface area contributed by atoms with Crippen LogP contribution in [0.25, 0.3) is 11.4 Å². The average molecular weight is 297 g/mol. The number of hydrogen-bond donors (Lipinski definition) is 2. The Balaban J connectivity index is 2.34. The molecule has 0 radical (unpaired) electrons. The number of imidazole rings is 1. The van der Waals surface area contributed by atoms with E-state index in [1.165, 1.54) is 0 Å². The number of halogens is 1. The Hall–Kier alpha value is -1.17. The molecular weight excluding hydrogens is 284 g/mol. The van der Waals surface area contributed by atoms with Crippen molar-refractivity contribution in [2.75, 3.05) is 6.61 Å². The van der Waals surface area contributed by atoms with Crippen LogP contribution in [0.3, 0.4) is 0 Å². The van der Waals surface area contributed by atoms with Crippen LogP contribution in [0, 0.1) is 0 Å². The van der Waals surface area contributed by atoms with E-state index in [4.69, 9.17) is 5.11 Å². The normalized spacial score (nSPS) is 12.6. The third kappa shape index (κ3) is 2.74. The first-order valence-electron chi connectivity index (χ1n) is 5.27. The number of aromatic nitrogens is 2. The summed E-state index contributed by atoms with van der Waals surface area (Å²) in [5.41, 5.74) is 0.961. The zero-order valence-electron chi connectivity index (χ0n) is 9.12. The molecule has 0 aliphatic carbocycles. The smallest absolute Gasteiger partial charge is 0.141 e. The number of aliphatic hydroxyl groups excluding tert-OH is 2. The number of nitrogens with zero attached hydrogens (tertiary/aromatic N) is 2. The van der Waals surface area contributed by atoms with E-state index in [1.54, 1.807) is 12.4 Å². The van der Waals surface area contributed by atoms with E-state index in [2.05, 4.69) is 20.9 Å². The molecule has 5 heteroatoms. The molecule has 2 aromatic rings. The van der Waals surface area contributed by atoms with Gasteiger partial charge in [0, 0.05) is 22.4 Å². The van der Waals surface area contributed by atoms with Crippen LogP contribution in [0.15, 0.2) is 41.1 Å². The standard InChI is InChI=1S/C12H13BrN2O2/c13-11-4-2-1-3-10(11)12-14-5-6-15(12)7-9(17)8-16/h1-6,9,16-17H,7-8H2. The van der Waals surface area contributed by atoms with E-state index >= 15 is 0 Å². The van der Waals surface area contributed by atoms with E-state index in [9.17, 15) is 5.11 Å². The van der Waals surface area contributed by atoms with Crippen LogP contribution in [-0.4, -0.2) is 32.5 Å². The largest absolute Gasteiger partial charge is 0.394 e. The lowest BCUT2D eigenvalue weighted by Crippen LogP contribution is -2.19. The third-order valence-corrected chi connectivity index (χ3v) is 3.14. The SMILES string of the molecule is OCC(O)Cn1ccnc1-c1ccccc1Br. The van der Waals surface area contributed by atoms with Gasteiger partial charge in [0.2, 0.25) is 0 Å². The van der Waals surface area contributed by atoms with E-state index in [0.29, 0.717) is 6.54 Å². The molecular formula is C12H13BrN2O2. The highest BCUT2D eigenvalue weighted by Crippen LogP contribution is 2.26. The second-order valence-corrected chi connectivity index (χ2v) is 4.57. The summed E-state index contributed by atoms with van der Waals surface area (Å²) in [6.45, 7) is 0.0702. The van der Waals surface area contributed by atoms with Crippen molar-refractivity contribution in [2.24, 2.45) is 0 Å². The minimum Gasteiger partial charge on any atom is -0.394 e. The molecule has 0 saturated carbocycles. The Bertz CT molecular complexity index is 499. The lowest BCUT2D eigenvalue weighted by molar-refractivity contribution is 0.0816. The van der Waals surface area contributed by atoms with Crippen LogP contribution in [0.1, 0.15) is 0 Å². The van der Waals surface area contributed by atoms with Crippen molar-refractivity contribution in [3.8, 4) is 11.4 Å². The predicted octanol–water partition coefficient (Wildman–Crippen LogP) is 1.67. The molecule has 1 unspecified atom stereocenters. The van der Waals surface area contributed by atoms with Gasteiger partial charge in [0.1, 0.15) is 5.82 Å². The van der Waals surface area contributed by atoms with Crippen LogP contribution >= 0.6 is 15.9 Å². The quantitative estimate of drug-likeness (QED) is 0.902. The fraction of sp³-hybridized carbons (Fsp3) is 0.250. The van der Waals surface area contributed by atoms with Gasteiger partial charge >= 0.3 is 0 Å². The molecule has 2 rings (SSSR count). The summed E-state index contributed by atoms with van der Waals surface area (Å²) in [5, 5.41) is 18.3. The van der Waals surface area contributed by atoms with Crippen molar-refractivity contribution in [1.29, 1.82) is 0 Å². The van der Waals surface area contributed by atoms with Gasteiger partial charge < -0.3 is 14.8 Å². The second kappa shape index (κ2) is 5.44. The van der Waals surface area contributed by atoms with Crippen molar-refractivity contribution in [1.82, 2.24) is 9.55 Å². The lowest BCUT2D eigenvalue weighted by Gasteiger charge is -2.12. The molecule has 0 spiro atoms. The van der Waals surface area contributed by atoms with Gasteiger partial charge in [0.05, 0.1) is 19.3 Å². The molecule has 0 amide bonds. The number of rotatable bonds is 4. The Kier molecular flexibility index (Phi) is 3.93. The van der Waals surface area contributed by atoms with Crippen molar-refractivity contribution >= 4 is 15.9 Å². The minimum absolute atomic E-state index is 0.256. The van der Waals surface area contributed by atoms with E-state index < -0.39 is 6.10 Å². The molecule has 0 aliphatic heterocycles. The first-order valence-corrected chi connectivity index (χ1v) is 6.06. The van der Waals surface area contributed by atoms with Gasteiger partial charge in [-0.05, 0) is 6.07 Å². The van der Waals surface area contributed by atoms with Gasteiger partial charge in [0.15, 0.2) is 0 Å². The molecule has 1 atom stereocenters. The van der Waals surface area contributed by atoms with Crippen LogP contribution in [0.2, 0.25) is 0 Å². The molecule has 2 N–H and O–H groups in total. The molecule has 0 aliphatic rings. The van der Waals surface area contributed by atoms with E-state index in [0.717, 1.165) is 15.9 Å². The van der Waals surface area contributed by atoms with Gasteiger partial charge in [-0.15, -0.1) is 0 Å². The topological polar surface area (TPSA) is 58.3 Å². The Morgan fingerprint density at radius 1 is 1.35 bits per heavy atom. The van der Waals surface area contributed by atoms with Crippen LogP contribution in [0.4, 0.5) is 0 Å². The Morgan fingerprint density at radius 2 is 2.12 bits per heavy atom. The summed E-state index contributed by atoms with van der Waals surface area (Å²) < 4.78 is 2.77. The van der Waals surface area contributed by atoms with Crippen LogP contribution in [0.5, 0.6) is 0 Å². The summed E-state index contributed by atoms with van der Waals surface area (Å²) in [7, 11) is 0. The summed E-state index contributed by atoms with van der Waals surface area (Å²) >= 11 is 3.47. The number of aliphatic hydroxyl groups is 2. The van der Waals surface area contributed by atoms with Gasteiger partial charge in [-0.25, -0.2) is 4.98 Å². The molecule has 0 bridgehead atoms. The number of hydrogen-bond acceptors (Lipinski definition) is 3. The highest BCUT2D eigenvalue weighted by Gasteiger charge is 2.11. The molecule has 1 aromatic carbocycles. The van der Waals surface area contributed by atoms with Crippen molar-refractivity contribution in [3.63, 3.8) is 0 Å². The summed E-state index contributed by atoms with van der Waals surface area (Å²) in [4.78, 5) is 4.27. The predicted molar refractivity (Wildman–Crippen MR) is 68.5 cm³/mol. The molecule has 0 saturated heterocycles. The monoisotopic (exact) mass is 296 g/mol. The van der Waals surface area contributed by atoms with Crippen molar-refractivity contribution in [3.05, 3.63) is 41.1 Å². The Labute approximate surface area is 108 Å².